The number of methoxy groups -OCH3 is 3. The molecule has 8 heteroatoms. The van der Waals surface area contributed by atoms with Crippen molar-refractivity contribution in [2.75, 3.05) is 34.4 Å². The maximum atomic E-state index is 12.7. The topological polar surface area (TPSA) is 97.3 Å². The number of carbonyl (C=O) groups is 2. The average Bonchev–Trinajstić information content (AvgIpc) is 3.45. The first-order chi connectivity index (χ1) is 13.5. The Bertz CT molecular complexity index is 728. The van der Waals surface area contributed by atoms with E-state index in [0.29, 0.717) is 28.7 Å². The zero-order valence-electron chi connectivity index (χ0n) is 16.6. The zero-order valence-corrected chi connectivity index (χ0v) is 16.6. The van der Waals surface area contributed by atoms with Gasteiger partial charge in [-0.2, -0.15) is 0 Å². The summed E-state index contributed by atoms with van der Waals surface area (Å²) in [6.07, 6.45) is 3.87. The van der Waals surface area contributed by atoms with Crippen LogP contribution in [-0.2, 0) is 4.79 Å². The summed E-state index contributed by atoms with van der Waals surface area (Å²) in [6.45, 7) is 0.895. The summed E-state index contributed by atoms with van der Waals surface area (Å²) in [5.74, 6) is 0.780. The van der Waals surface area contributed by atoms with Crippen LogP contribution in [0.2, 0.25) is 0 Å². The molecule has 0 aliphatic heterocycles. The van der Waals surface area contributed by atoms with Crippen molar-refractivity contribution < 1.29 is 28.9 Å². The number of hydrogen-bond acceptors (Lipinski definition) is 6. The molecule has 0 saturated heterocycles. The van der Waals surface area contributed by atoms with E-state index in [-0.39, 0.29) is 24.5 Å². The highest BCUT2D eigenvalue weighted by Crippen LogP contribution is 2.40. The Morgan fingerprint density at radius 2 is 1.79 bits per heavy atom. The number of carbonyl (C=O) groups excluding carboxylic acids is 1. The molecule has 0 radical (unpaired) electrons. The van der Waals surface area contributed by atoms with E-state index in [1.165, 1.54) is 34.2 Å². The first kappa shape index (κ1) is 20.3. The lowest BCUT2D eigenvalue weighted by molar-refractivity contribution is -0.139. The number of amides is 1. The lowest BCUT2D eigenvalue weighted by Crippen LogP contribution is -2.55. The number of ether oxygens (including phenoxy) is 3. The van der Waals surface area contributed by atoms with Gasteiger partial charge in [-0.05, 0) is 43.7 Å². The van der Waals surface area contributed by atoms with E-state index >= 15 is 0 Å². The van der Waals surface area contributed by atoms with Crippen molar-refractivity contribution in [3.63, 3.8) is 0 Å². The summed E-state index contributed by atoms with van der Waals surface area (Å²) in [6, 6.07) is 3.54. The minimum absolute atomic E-state index is 0.0193. The molecule has 28 heavy (non-hydrogen) atoms. The second-order valence-electron chi connectivity index (χ2n) is 7.44. The Kier molecular flexibility index (Phi) is 6.28. The number of nitrogens with one attached hydrogen (secondary N) is 1. The third kappa shape index (κ3) is 4.49. The Morgan fingerprint density at radius 3 is 2.32 bits per heavy atom. The van der Waals surface area contributed by atoms with Gasteiger partial charge >= 0.3 is 5.97 Å². The summed E-state index contributed by atoms with van der Waals surface area (Å²) in [5, 5.41) is 12.2. The number of nitrogens with zero attached hydrogens (tertiary/aromatic N) is 1. The van der Waals surface area contributed by atoms with Gasteiger partial charge in [-0.15, -0.1) is 0 Å². The van der Waals surface area contributed by atoms with Crippen LogP contribution in [0.1, 0.15) is 36.0 Å². The highest BCUT2D eigenvalue weighted by atomic mass is 16.5. The van der Waals surface area contributed by atoms with Gasteiger partial charge in [-0.1, -0.05) is 0 Å². The van der Waals surface area contributed by atoms with Crippen molar-refractivity contribution in [2.24, 2.45) is 5.92 Å². The Hall–Kier alpha value is -2.48. The lowest BCUT2D eigenvalue weighted by atomic mass is 9.85. The van der Waals surface area contributed by atoms with E-state index in [9.17, 15) is 9.59 Å². The Morgan fingerprint density at radius 1 is 1.11 bits per heavy atom. The van der Waals surface area contributed by atoms with Gasteiger partial charge in [0.2, 0.25) is 5.75 Å². The van der Waals surface area contributed by atoms with Crippen molar-refractivity contribution in [1.82, 2.24) is 10.2 Å². The third-order valence-corrected chi connectivity index (χ3v) is 5.44. The molecular weight excluding hydrogens is 364 g/mol. The molecule has 154 valence electrons. The van der Waals surface area contributed by atoms with Crippen LogP contribution in [0.4, 0.5) is 0 Å². The molecule has 0 bridgehead atoms. The molecule has 1 amide bonds. The van der Waals surface area contributed by atoms with Crippen molar-refractivity contribution in [3.8, 4) is 17.2 Å². The highest BCUT2D eigenvalue weighted by molar-refractivity contribution is 5.98. The summed E-state index contributed by atoms with van der Waals surface area (Å²) in [7, 11) is 4.50. The van der Waals surface area contributed by atoms with Crippen LogP contribution in [0.15, 0.2) is 12.1 Å². The standard InChI is InChI=1S/C20H28N2O6/c1-26-16-7-6-15(18(27-2)19(16)28-3)20(25)21-13-8-14(9-13)22(11-17(23)24)10-12-4-5-12/h6-7,12-14H,4-5,8-11H2,1-3H3,(H,21,25)(H,23,24). The molecule has 2 N–H and O–H groups in total. The molecule has 0 atom stereocenters. The van der Waals surface area contributed by atoms with E-state index in [4.69, 9.17) is 19.3 Å². The molecule has 2 aliphatic carbocycles. The largest absolute Gasteiger partial charge is 0.493 e. The van der Waals surface area contributed by atoms with Crippen LogP contribution < -0.4 is 19.5 Å². The summed E-state index contributed by atoms with van der Waals surface area (Å²) < 4.78 is 16.0. The molecule has 0 spiro atoms. The van der Waals surface area contributed by atoms with Gasteiger partial charge in [0.1, 0.15) is 0 Å². The van der Waals surface area contributed by atoms with Gasteiger partial charge in [-0.3, -0.25) is 14.5 Å². The predicted molar refractivity (Wildman–Crippen MR) is 102 cm³/mol. The van der Waals surface area contributed by atoms with E-state index in [1.807, 2.05) is 4.90 Å². The minimum atomic E-state index is -0.803. The molecule has 0 aromatic heterocycles. The second-order valence-corrected chi connectivity index (χ2v) is 7.44. The zero-order chi connectivity index (χ0) is 20.3. The summed E-state index contributed by atoms with van der Waals surface area (Å²) >= 11 is 0. The van der Waals surface area contributed by atoms with Crippen LogP contribution in [0.5, 0.6) is 17.2 Å². The van der Waals surface area contributed by atoms with Gasteiger partial charge in [-0.25, -0.2) is 0 Å². The minimum Gasteiger partial charge on any atom is -0.493 e. The molecular formula is C20H28N2O6. The normalized spacial score (nSPS) is 21.0. The van der Waals surface area contributed by atoms with Crippen molar-refractivity contribution >= 4 is 11.9 Å². The number of rotatable bonds is 10. The number of carboxylic acids is 1. The number of benzene rings is 1. The molecule has 2 fully saturated rings. The molecule has 1 aromatic carbocycles. The fourth-order valence-corrected chi connectivity index (χ4v) is 3.70. The van der Waals surface area contributed by atoms with Crippen LogP contribution in [-0.4, -0.2) is 68.4 Å². The molecule has 8 nitrogen and oxygen atoms in total. The fraction of sp³-hybridized carbons (Fsp3) is 0.600. The van der Waals surface area contributed by atoms with Gasteiger partial charge in [0.25, 0.3) is 5.91 Å². The summed E-state index contributed by atoms with van der Waals surface area (Å²) in [5.41, 5.74) is 0.379. The van der Waals surface area contributed by atoms with Gasteiger partial charge in [0.15, 0.2) is 11.5 Å². The smallest absolute Gasteiger partial charge is 0.317 e. The number of carboxylic acid groups (broad SMARTS) is 1. The van der Waals surface area contributed by atoms with Crippen molar-refractivity contribution in [2.45, 2.75) is 37.8 Å². The monoisotopic (exact) mass is 392 g/mol. The van der Waals surface area contributed by atoms with Crippen LogP contribution in [0.25, 0.3) is 0 Å². The predicted octanol–water partition coefficient (Wildman–Crippen LogP) is 1.77. The SMILES string of the molecule is COc1ccc(C(=O)NC2CC(N(CC(=O)O)CC3CC3)C2)c(OC)c1OC. The van der Waals surface area contributed by atoms with Crippen LogP contribution in [0, 0.1) is 5.92 Å². The number of hydrogen-bond donors (Lipinski definition) is 2. The van der Waals surface area contributed by atoms with E-state index in [1.54, 1.807) is 12.1 Å². The van der Waals surface area contributed by atoms with Gasteiger partial charge < -0.3 is 24.6 Å². The molecule has 3 rings (SSSR count). The maximum Gasteiger partial charge on any atom is 0.317 e. The molecule has 0 unspecified atom stereocenters. The molecule has 2 saturated carbocycles. The lowest BCUT2D eigenvalue weighted by Gasteiger charge is -2.42. The summed E-state index contributed by atoms with van der Waals surface area (Å²) in [4.78, 5) is 25.9. The first-order valence-electron chi connectivity index (χ1n) is 9.52. The van der Waals surface area contributed by atoms with E-state index in [0.717, 1.165) is 19.4 Å². The number of aliphatic carboxylic acids is 1. The second kappa shape index (κ2) is 8.68. The van der Waals surface area contributed by atoms with Gasteiger partial charge in [0.05, 0.1) is 33.4 Å². The molecule has 1 aromatic rings. The van der Waals surface area contributed by atoms with Gasteiger partial charge in [0, 0.05) is 18.6 Å². The van der Waals surface area contributed by atoms with E-state index < -0.39 is 5.97 Å². The average molecular weight is 392 g/mol. The van der Waals surface area contributed by atoms with E-state index in [2.05, 4.69) is 5.32 Å². The molecule has 2 aliphatic rings. The highest BCUT2D eigenvalue weighted by Gasteiger charge is 2.38. The van der Waals surface area contributed by atoms with Crippen LogP contribution in [0.3, 0.4) is 0 Å². The maximum absolute atomic E-state index is 12.7. The fourth-order valence-electron chi connectivity index (χ4n) is 3.70. The van der Waals surface area contributed by atoms with Crippen LogP contribution >= 0.6 is 0 Å². The Balaban J connectivity index is 1.61. The van der Waals surface area contributed by atoms with Crippen molar-refractivity contribution in [1.29, 1.82) is 0 Å². The third-order valence-electron chi connectivity index (χ3n) is 5.44. The quantitative estimate of drug-likeness (QED) is 0.626. The first-order valence-corrected chi connectivity index (χ1v) is 9.52. The van der Waals surface area contributed by atoms with Crippen molar-refractivity contribution in [3.05, 3.63) is 17.7 Å². The Labute approximate surface area is 164 Å². The molecule has 0 heterocycles.